The molecule has 1 spiro atoms. The van der Waals surface area contributed by atoms with Crippen LogP contribution in [0.4, 0.5) is 0 Å². The molecule has 7 heteroatoms. The van der Waals surface area contributed by atoms with Crippen molar-refractivity contribution < 1.29 is 4.42 Å². The minimum absolute atomic E-state index is 0.0174. The van der Waals surface area contributed by atoms with Gasteiger partial charge in [-0.3, -0.25) is 16.4 Å². The summed E-state index contributed by atoms with van der Waals surface area (Å²) in [6.45, 7) is 4.28. The molecule has 2 bridgehead atoms. The molecule has 4 N–H and O–H groups in total. The normalized spacial score (nSPS) is 39.6. The Morgan fingerprint density at radius 2 is 2.17 bits per heavy atom. The minimum Gasteiger partial charge on any atom is -0.436 e. The van der Waals surface area contributed by atoms with E-state index in [-0.39, 0.29) is 5.54 Å². The van der Waals surface area contributed by atoms with Gasteiger partial charge in [-0.15, -0.1) is 0 Å². The molecule has 0 saturated carbocycles. The van der Waals surface area contributed by atoms with E-state index in [0.717, 1.165) is 18.6 Å². The van der Waals surface area contributed by atoms with Crippen LogP contribution in [0, 0.1) is 5.92 Å². The summed E-state index contributed by atoms with van der Waals surface area (Å²) in [5.41, 5.74) is 8.04. The fraction of sp³-hybridized carbons (Fsp3) is 0.562. The molecule has 2 unspecified atom stereocenters. The number of rotatable bonds is 1. The fourth-order valence-electron chi connectivity index (χ4n) is 4.49. The first-order chi connectivity index (χ1) is 11.1. The van der Waals surface area contributed by atoms with Gasteiger partial charge in [-0.05, 0) is 50.0 Å². The highest BCUT2D eigenvalue weighted by atomic mass is 35.5. The lowest BCUT2D eigenvalue weighted by Crippen LogP contribution is -2.68. The smallest absolute Gasteiger partial charge is 0.246 e. The van der Waals surface area contributed by atoms with Crippen LogP contribution in [0.2, 0.25) is 5.02 Å². The van der Waals surface area contributed by atoms with Crippen molar-refractivity contribution in [3.8, 4) is 0 Å². The van der Waals surface area contributed by atoms with Crippen LogP contribution in [0.15, 0.2) is 22.6 Å². The van der Waals surface area contributed by atoms with Gasteiger partial charge in [0.25, 0.3) is 0 Å². The summed E-state index contributed by atoms with van der Waals surface area (Å²) >= 11 is 6.03. The molecule has 23 heavy (non-hydrogen) atoms. The number of halogens is 1. The van der Waals surface area contributed by atoms with E-state index in [0.29, 0.717) is 22.4 Å². The molecule has 4 saturated heterocycles. The summed E-state index contributed by atoms with van der Waals surface area (Å²) < 4.78 is 5.89. The number of oxazole rings is 1. The molecule has 4 fully saturated rings. The lowest BCUT2D eigenvalue weighted by Gasteiger charge is -2.51. The van der Waals surface area contributed by atoms with E-state index in [4.69, 9.17) is 21.8 Å². The fourth-order valence-corrected chi connectivity index (χ4v) is 4.66. The average Bonchev–Trinajstić information content (AvgIpc) is 3.11. The van der Waals surface area contributed by atoms with E-state index in [1.807, 2.05) is 6.07 Å². The van der Waals surface area contributed by atoms with Gasteiger partial charge >= 0.3 is 0 Å². The summed E-state index contributed by atoms with van der Waals surface area (Å²) in [6, 6.07) is 5.43. The first-order valence-corrected chi connectivity index (χ1v) is 8.56. The number of nitrogens with two attached hydrogens (primary N) is 1. The average molecular weight is 334 g/mol. The van der Waals surface area contributed by atoms with E-state index >= 15 is 0 Å². The maximum absolute atomic E-state index is 6.59. The predicted molar refractivity (Wildman–Crippen MR) is 87.9 cm³/mol. The Morgan fingerprint density at radius 3 is 2.91 bits per heavy atom. The van der Waals surface area contributed by atoms with Crippen LogP contribution in [-0.2, 0) is 5.79 Å². The number of fused-ring (bicyclic) bond motifs is 3. The maximum Gasteiger partial charge on any atom is 0.246 e. The van der Waals surface area contributed by atoms with Crippen molar-refractivity contribution in [2.24, 2.45) is 11.7 Å². The summed E-state index contributed by atoms with van der Waals surface area (Å²) in [5, 5.41) is 7.71. The number of aromatic nitrogens is 1. The summed E-state index contributed by atoms with van der Waals surface area (Å²) in [5.74, 6) is 0.205. The second-order valence-electron chi connectivity index (χ2n) is 7.12. The molecule has 2 atom stereocenters. The largest absolute Gasteiger partial charge is 0.436 e. The molecule has 5 heterocycles. The number of nitrogens with zero attached hydrogens (tertiary/aromatic N) is 2. The molecular weight excluding hydrogens is 314 g/mol. The van der Waals surface area contributed by atoms with Crippen LogP contribution < -0.4 is 16.4 Å². The van der Waals surface area contributed by atoms with E-state index in [9.17, 15) is 0 Å². The maximum atomic E-state index is 6.59. The number of hydrogen-bond acceptors (Lipinski definition) is 6. The first kappa shape index (κ1) is 14.2. The van der Waals surface area contributed by atoms with Crippen LogP contribution in [-0.4, -0.2) is 41.6 Å². The van der Waals surface area contributed by atoms with Crippen molar-refractivity contribution in [2.75, 3.05) is 26.2 Å². The van der Waals surface area contributed by atoms with Crippen molar-refractivity contribution >= 4 is 22.7 Å². The van der Waals surface area contributed by atoms with Crippen molar-refractivity contribution in [2.45, 2.75) is 24.2 Å². The van der Waals surface area contributed by atoms with Crippen LogP contribution in [0.1, 0.15) is 18.7 Å². The van der Waals surface area contributed by atoms with Crippen LogP contribution in [0.25, 0.3) is 11.1 Å². The third-order valence-electron chi connectivity index (χ3n) is 5.69. The van der Waals surface area contributed by atoms with Crippen molar-refractivity contribution in [1.82, 2.24) is 20.5 Å². The molecule has 6 rings (SSSR count). The molecule has 1 aromatic heterocycles. The molecule has 6 nitrogen and oxygen atoms in total. The molecule has 122 valence electrons. The number of benzene rings is 1. The third kappa shape index (κ3) is 2.06. The number of hydrogen-bond donors (Lipinski definition) is 3. The van der Waals surface area contributed by atoms with Gasteiger partial charge in [-0.2, -0.15) is 0 Å². The zero-order chi connectivity index (χ0) is 15.7. The van der Waals surface area contributed by atoms with Gasteiger partial charge in [0.15, 0.2) is 5.58 Å². The zero-order valence-electron chi connectivity index (χ0n) is 12.8. The minimum atomic E-state index is -0.926. The highest BCUT2D eigenvalue weighted by molar-refractivity contribution is 6.31. The Balaban J connectivity index is 1.50. The second-order valence-corrected chi connectivity index (χ2v) is 7.56. The summed E-state index contributed by atoms with van der Waals surface area (Å²) in [4.78, 5) is 7.07. The van der Waals surface area contributed by atoms with Gasteiger partial charge in [-0.25, -0.2) is 4.98 Å². The SMILES string of the molecule is NC1(c2nc3cc(Cl)ccc3o2)NCC2(CN3CCC2CC3)N1. The Kier molecular flexibility index (Phi) is 2.88. The molecule has 2 aromatic rings. The Bertz CT molecular complexity index is 771. The standard InChI is InChI=1S/C16H20ClN5O/c17-11-1-2-13-12(7-11)20-14(23-13)16(18)19-8-15(21-16)9-22-5-3-10(15)4-6-22/h1-2,7,10,19,21H,3-6,8-9,18H2. The van der Waals surface area contributed by atoms with Crippen LogP contribution >= 0.6 is 11.6 Å². The Labute approximate surface area is 139 Å². The molecule has 0 radical (unpaired) electrons. The highest BCUT2D eigenvalue weighted by Gasteiger charge is 2.56. The Hall–Kier alpha value is -1.18. The van der Waals surface area contributed by atoms with Gasteiger partial charge in [0.1, 0.15) is 5.52 Å². The molecule has 4 aliphatic heterocycles. The molecular formula is C16H20ClN5O. The Morgan fingerprint density at radius 1 is 1.35 bits per heavy atom. The van der Waals surface area contributed by atoms with E-state index in [1.165, 1.54) is 25.9 Å². The summed E-state index contributed by atoms with van der Waals surface area (Å²) in [7, 11) is 0. The highest BCUT2D eigenvalue weighted by Crippen LogP contribution is 2.40. The van der Waals surface area contributed by atoms with Crippen molar-refractivity contribution in [3.05, 3.63) is 29.1 Å². The quantitative estimate of drug-likeness (QED) is 0.728. The topological polar surface area (TPSA) is 79.3 Å². The lowest BCUT2D eigenvalue weighted by atomic mass is 9.73. The number of piperidine rings is 3. The van der Waals surface area contributed by atoms with E-state index < -0.39 is 5.79 Å². The number of nitrogens with one attached hydrogen (secondary N) is 2. The van der Waals surface area contributed by atoms with Crippen molar-refractivity contribution in [3.63, 3.8) is 0 Å². The molecule has 0 amide bonds. The zero-order valence-corrected chi connectivity index (χ0v) is 13.6. The van der Waals surface area contributed by atoms with E-state index in [1.54, 1.807) is 12.1 Å². The van der Waals surface area contributed by atoms with Gasteiger partial charge in [-0.1, -0.05) is 11.6 Å². The van der Waals surface area contributed by atoms with Gasteiger partial charge < -0.3 is 9.32 Å². The second kappa shape index (κ2) is 4.68. The third-order valence-corrected chi connectivity index (χ3v) is 5.93. The van der Waals surface area contributed by atoms with Crippen molar-refractivity contribution in [1.29, 1.82) is 0 Å². The van der Waals surface area contributed by atoms with Gasteiger partial charge in [0, 0.05) is 23.7 Å². The van der Waals surface area contributed by atoms with Crippen LogP contribution in [0.5, 0.6) is 0 Å². The van der Waals surface area contributed by atoms with Gasteiger partial charge in [0.2, 0.25) is 11.7 Å². The lowest BCUT2D eigenvalue weighted by molar-refractivity contribution is 0.0143. The summed E-state index contributed by atoms with van der Waals surface area (Å²) in [6.07, 6.45) is 2.46. The molecule has 4 aliphatic rings. The van der Waals surface area contributed by atoms with E-state index in [2.05, 4.69) is 20.5 Å². The van der Waals surface area contributed by atoms with Crippen LogP contribution in [0.3, 0.4) is 0 Å². The van der Waals surface area contributed by atoms with Gasteiger partial charge in [0.05, 0.1) is 0 Å². The predicted octanol–water partition coefficient (Wildman–Crippen LogP) is 1.21. The monoisotopic (exact) mass is 333 g/mol. The first-order valence-electron chi connectivity index (χ1n) is 8.19. The molecule has 1 aromatic carbocycles. The molecule has 0 aliphatic carbocycles.